The molecular weight excluding hydrogens is 262 g/mol. The quantitative estimate of drug-likeness (QED) is 0.871. The van der Waals surface area contributed by atoms with Crippen molar-refractivity contribution in [2.75, 3.05) is 11.4 Å². The van der Waals surface area contributed by atoms with Gasteiger partial charge >= 0.3 is 0 Å². The van der Waals surface area contributed by atoms with E-state index < -0.39 is 11.8 Å². The van der Waals surface area contributed by atoms with E-state index in [1.54, 1.807) is 4.90 Å². The van der Waals surface area contributed by atoms with Crippen LogP contribution in [0, 0.1) is 17.2 Å². The van der Waals surface area contributed by atoms with Crippen molar-refractivity contribution < 1.29 is 9.59 Å². The summed E-state index contributed by atoms with van der Waals surface area (Å²) in [5.74, 6) is -0.991. The SMILES string of the molecule is N#Cc1c(N2CC(C(N)=O)CC2=O)sc2c1CCC2. The van der Waals surface area contributed by atoms with Gasteiger partial charge in [-0.25, -0.2) is 0 Å². The summed E-state index contributed by atoms with van der Waals surface area (Å²) >= 11 is 1.52. The van der Waals surface area contributed by atoms with E-state index >= 15 is 0 Å². The molecule has 1 saturated heterocycles. The second-order valence-corrected chi connectivity index (χ2v) is 6.04. The third kappa shape index (κ3) is 1.81. The Hall–Kier alpha value is -1.87. The Morgan fingerprint density at radius 2 is 2.26 bits per heavy atom. The normalized spacial score (nSPS) is 21.5. The zero-order chi connectivity index (χ0) is 13.6. The second-order valence-electron chi connectivity index (χ2n) is 4.96. The average Bonchev–Trinajstić information content (AvgIpc) is 3.00. The number of thiophene rings is 1. The van der Waals surface area contributed by atoms with Gasteiger partial charge in [0.25, 0.3) is 0 Å². The molecular formula is C13H13N3O2S. The first-order valence-electron chi connectivity index (χ1n) is 6.26. The molecule has 2 heterocycles. The summed E-state index contributed by atoms with van der Waals surface area (Å²) in [6.07, 6.45) is 3.13. The van der Waals surface area contributed by atoms with E-state index in [1.807, 2.05) is 0 Å². The van der Waals surface area contributed by atoms with Crippen LogP contribution in [0.15, 0.2) is 0 Å². The van der Waals surface area contributed by atoms with Crippen LogP contribution in [0.2, 0.25) is 0 Å². The first-order chi connectivity index (χ1) is 9.11. The molecule has 0 radical (unpaired) electrons. The van der Waals surface area contributed by atoms with Gasteiger partial charge in [0, 0.05) is 17.8 Å². The highest BCUT2D eigenvalue weighted by Crippen LogP contribution is 2.42. The smallest absolute Gasteiger partial charge is 0.228 e. The maximum Gasteiger partial charge on any atom is 0.228 e. The molecule has 0 spiro atoms. The highest BCUT2D eigenvalue weighted by atomic mass is 32.1. The molecule has 19 heavy (non-hydrogen) atoms. The van der Waals surface area contributed by atoms with Crippen molar-refractivity contribution in [1.29, 1.82) is 5.26 Å². The summed E-state index contributed by atoms with van der Waals surface area (Å²) < 4.78 is 0. The lowest BCUT2D eigenvalue weighted by Crippen LogP contribution is -2.28. The lowest BCUT2D eigenvalue weighted by atomic mass is 10.1. The summed E-state index contributed by atoms with van der Waals surface area (Å²) in [6, 6.07) is 2.22. The first-order valence-corrected chi connectivity index (χ1v) is 7.07. The largest absolute Gasteiger partial charge is 0.369 e. The van der Waals surface area contributed by atoms with E-state index in [1.165, 1.54) is 16.2 Å². The van der Waals surface area contributed by atoms with Gasteiger partial charge in [0.1, 0.15) is 11.1 Å². The van der Waals surface area contributed by atoms with Gasteiger partial charge in [0.15, 0.2) is 0 Å². The number of nitrogens with two attached hydrogens (primary N) is 1. The van der Waals surface area contributed by atoms with Crippen LogP contribution in [0.3, 0.4) is 0 Å². The molecule has 1 aliphatic carbocycles. The molecule has 2 aliphatic rings. The van der Waals surface area contributed by atoms with Crippen molar-refractivity contribution in [3.63, 3.8) is 0 Å². The van der Waals surface area contributed by atoms with Crippen LogP contribution in [0.1, 0.15) is 28.8 Å². The number of nitriles is 1. The Morgan fingerprint density at radius 1 is 1.47 bits per heavy atom. The number of amides is 2. The number of hydrogen-bond acceptors (Lipinski definition) is 4. The summed E-state index contributed by atoms with van der Waals surface area (Å²) in [5.41, 5.74) is 6.98. The summed E-state index contributed by atoms with van der Waals surface area (Å²) in [6.45, 7) is 0.308. The van der Waals surface area contributed by atoms with E-state index in [-0.39, 0.29) is 12.3 Å². The van der Waals surface area contributed by atoms with E-state index in [4.69, 9.17) is 5.73 Å². The van der Waals surface area contributed by atoms with Gasteiger partial charge in [0.05, 0.1) is 11.5 Å². The van der Waals surface area contributed by atoms with Gasteiger partial charge in [-0.2, -0.15) is 5.26 Å². The number of anilines is 1. The molecule has 3 rings (SSSR count). The number of hydrogen-bond donors (Lipinski definition) is 1. The lowest BCUT2D eigenvalue weighted by molar-refractivity contribution is -0.123. The number of carbonyl (C=O) groups excluding carboxylic acids is 2. The standard InChI is InChI=1S/C13H13N3O2S/c14-5-9-8-2-1-3-10(8)19-13(9)16-6-7(12(15)18)4-11(16)17/h7H,1-4,6H2,(H2,15,18). The zero-order valence-corrected chi connectivity index (χ0v) is 11.1. The van der Waals surface area contributed by atoms with Crippen LogP contribution in [-0.2, 0) is 22.4 Å². The fourth-order valence-corrected chi connectivity index (χ4v) is 4.15. The van der Waals surface area contributed by atoms with Crippen molar-refractivity contribution in [3.05, 3.63) is 16.0 Å². The fraction of sp³-hybridized carbons (Fsp3) is 0.462. The third-order valence-corrected chi connectivity index (χ3v) is 5.10. The van der Waals surface area contributed by atoms with Gasteiger partial charge in [-0.15, -0.1) is 11.3 Å². The minimum Gasteiger partial charge on any atom is -0.369 e. The van der Waals surface area contributed by atoms with E-state index in [0.29, 0.717) is 17.1 Å². The molecule has 1 atom stereocenters. The van der Waals surface area contributed by atoms with Gasteiger partial charge in [-0.1, -0.05) is 0 Å². The Labute approximate surface area is 114 Å². The molecule has 2 amide bonds. The Morgan fingerprint density at radius 3 is 2.89 bits per heavy atom. The molecule has 1 aliphatic heterocycles. The van der Waals surface area contributed by atoms with Crippen molar-refractivity contribution >= 4 is 28.2 Å². The molecule has 1 fully saturated rings. The predicted molar refractivity (Wildman–Crippen MR) is 70.7 cm³/mol. The Kier molecular flexibility index (Phi) is 2.79. The number of primary amides is 1. The van der Waals surface area contributed by atoms with Crippen molar-refractivity contribution in [2.24, 2.45) is 11.7 Å². The summed E-state index contributed by atoms with van der Waals surface area (Å²) in [4.78, 5) is 26.0. The predicted octanol–water partition coefficient (Wildman–Crippen LogP) is 0.947. The summed E-state index contributed by atoms with van der Waals surface area (Å²) in [5, 5.41) is 10.0. The molecule has 0 saturated carbocycles. The van der Waals surface area contributed by atoms with Gasteiger partial charge in [-0.05, 0) is 24.8 Å². The third-order valence-electron chi connectivity index (χ3n) is 3.79. The molecule has 98 valence electrons. The molecule has 1 aromatic heterocycles. The Balaban J connectivity index is 1.98. The lowest BCUT2D eigenvalue weighted by Gasteiger charge is -2.14. The molecule has 0 aromatic carbocycles. The van der Waals surface area contributed by atoms with Crippen molar-refractivity contribution in [1.82, 2.24) is 0 Å². The van der Waals surface area contributed by atoms with Gasteiger partial charge in [-0.3, -0.25) is 9.59 Å². The molecule has 5 nitrogen and oxygen atoms in total. The number of rotatable bonds is 2. The first kappa shape index (κ1) is 12.2. The molecule has 2 N–H and O–H groups in total. The van der Waals surface area contributed by atoms with Crippen LogP contribution < -0.4 is 10.6 Å². The second kappa shape index (κ2) is 4.35. The molecule has 6 heteroatoms. The van der Waals surface area contributed by atoms with Gasteiger partial charge < -0.3 is 10.6 Å². The van der Waals surface area contributed by atoms with Crippen LogP contribution in [-0.4, -0.2) is 18.4 Å². The fourth-order valence-electron chi connectivity index (χ4n) is 2.79. The van der Waals surface area contributed by atoms with E-state index in [9.17, 15) is 14.9 Å². The van der Waals surface area contributed by atoms with E-state index in [2.05, 4.69) is 6.07 Å². The number of fused-ring (bicyclic) bond motifs is 1. The number of carbonyl (C=O) groups is 2. The van der Waals surface area contributed by atoms with Crippen molar-refractivity contribution in [3.8, 4) is 6.07 Å². The molecule has 1 unspecified atom stereocenters. The van der Waals surface area contributed by atoms with Crippen LogP contribution in [0.4, 0.5) is 5.00 Å². The van der Waals surface area contributed by atoms with E-state index in [0.717, 1.165) is 24.8 Å². The highest BCUT2D eigenvalue weighted by molar-refractivity contribution is 7.16. The monoisotopic (exact) mass is 275 g/mol. The maximum absolute atomic E-state index is 12.0. The average molecular weight is 275 g/mol. The number of nitrogens with zero attached hydrogens (tertiary/aromatic N) is 2. The molecule has 0 bridgehead atoms. The highest BCUT2D eigenvalue weighted by Gasteiger charge is 2.37. The minimum atomic E-state index is -0.446. The minimum absolute atomic E-state index is 0.111. The summed E-state index contributed by atoms with van der Waals surface area (Å²) in [7, 11) is 0. The topological polar surface area (TPSA) is 87.2 Å². The Bertz CT molecular complexity index is 614. The van der Waals surface area contributed by atoms with Crippen LogP contribution >= 0.6 is 11.3 Å². The molecule has 1 aromatic rings. The van der Waals surface area contributed by atoms with Gasteiger partial charge in [0.2, 0.25) is 11.8 Å². The maximum atomic E-state index is 12.0. The van der Waals surface area contributed by atoms with Crippen LogP contribution in [0.25, 0.3) is 0 Å². The van der Waals surface area contributed by atoms with Crippen LogP contribution in [0.5, 0.6) is 0 Å². The van der Waals surface area contributed by atoms with Crippen molar-refractivity contribution in [2.45, 2.75) is 25.7 Å². The number of aryl methyl sites for hydroxylation is 1. The zero-order valence-electron chi connectivity index (χ0n) is 10.3.